The molecule has 102 valence electrons. The van der Waals surface area contributed by atoms with Gasteiger partial charge in [-0.05, 0) is 19.2 Å². The number of aromatic nitrogens is 3. The largest absolute Gasteiger partial charge is 0.435 e. The van der Waals surface area contributed by atoms with Crippen molar-refractivity contribution < 1.29 is 17.6 Å². The highest BCUT2D eigenvalue weighted by molar-refractivity contribution is 5.33. The predicted octanol–water partition coefficient (Wildman–Crippen LogP) is 2.14. The molecule has 19 heavy (non-hydrogen) atoms. The summed E-state index contributed by atoms with van der Waals surface area (Å²) >= 11 is 0. The number of pyridine rings is 1. The molecule has 0 aliphatic rings. The predicted molar refractivity (Wildman–Crippen MR) is 59.1 cm³/mol. The third kappa shape index (κ3) is 2.90. The quantitative estimate of drug-likeness (QED) is 0.872. The molecule has 2 rings (SSSR count). The number of nitrogens with zero attached hydrogens (tertiary/aromatic N) is 3. The molecule has 0 bridgehead atoms. The first-order valence-electron chi connectivity index (χ1n) is 5.34. The van der Waals surface area contributed by atoms with Gasteiger partial charge in [0, 0.05) is 18.3 Å². The van der Waals surface area contributed by atoms with Gasteiger partial charge in [-0.3, -0.25) is 0 Å². The van der Waals surface area contributed by atoms with Gasteiger partial charge in [0.25, 0.3) is 0 Å². The topological polar surface area (TPSA) is 42.7 Å². The number of hydrogen-bond acceptors (Lipinski definition) is 3. The maximum absolute atomic E-state index is 13.1. The molecule has 2 heterocycles. The Morgan fingerprint density at radius 2 is 2.11 bits per heavy atom. The van der Waals surface area contributed by atoms with Crippen LogP contribution in [0.25, 0.3) is 5.82 Å². The molecule has 8 heteroatoms. The molecule has 0 aliphatic carbocycles. The molecule has 2 aromatic rings. The summed E-state index contributed by atoms with van der Waals surface area (Å²) in [6, 6.07) is 2.04. The van der Waals surface area contributed by atoms with E-state index in [4.69, 9.17) is 0 Å². The van der Waals surface area contributed by atoms with Gasteiger partial charge in [0.1, 0.15) is 5.82 Å². The van der Waals surface area contributed by atoms with Crippen LogP contribution in [0.15, 0.2) is 24.5 Å². The minimum absolute atomic E-state index is 0.159. The van der Waals surface area contributed by atoms with Crippen LogP contribution in [0.5, 0.6) is 0 Å². The Hall–Kier alpha value is -1.96. The van der Waals surface area contributed by atoms with Crippen LogP contribution < -0.4 is 5.32 Å². The molecule has 0 saturated carbocycles. The molecule has 0 fully saturated rings. The molecule has 0 spiro atoms. The minimum Gasteiger partial charge on any atom is -0.316 e. The fourth-order valence-electron chi connectivity index (χ4n) is 1.59. The van der Waals surface area contributed by atoms with Gasteiger partial charge in [0.15, 0.2) is 11.5 Å². The Morgan fingerprint density at radius 3 is 2.68 bits per heavy atom. The molecule has 0 amide bonds. The first-order chi connectivity index (χ1) is 8.91. The van der Waals surface area contributed by atoms with Crippen LogP contribution in [0.1, 0.15) is 11.3 Å². The van der Waals surface area contributed by atoms with Gasteiger partial charge in [-0.2, -0.15) is 18.3 Å². The highest BCUT2D eigenvalue weighted by Crippen LogP contribution is 2.28. The third-order valence-corrected chi connectivity index (χ3v) is 2.37. The number of hydrogen-bond donors (Lipinski definition) is 1. The number of nitrogens with one attached hydrogen (secondary N) is 1. The third-order valence-electron chi connectivity index (χ3n) is 2.37. The zero-order chi connectivity index (χ0) is 14.0. The zero-order valence-corrected chi connectivity index (χ0v) is 9.87. The lowest BCUT2D eigenvalue weighted by Crippen LogP contribution is -2.13. The molecular formula is C11H10F4N4. The van der Waals surface area contributed by atoms with E-state index >= 15 is 0 Å². The van der Waals surface area contributed by atoms with Crippen molar-refractivity contribution in [2.45, 2.75) is 12.7 Å². The monoisotopic (exact) mass is 274 g/mol. The van der Waals surface area contributed by atoms with Crippen molar-refractivity contribution in [3.8, 4) is 5.82 Å². The van der Waals surface area contributed by atoms with Crippen LogP contribution in [0.2, 0.25) is 0 Å². The van der Waals surface area contributed by atoms with E-state index < -0.39 is 17.7 Å². The fraction of sp³-hybridized carbons (Fsp3) is 0.273. The molecule has 0 unspecified atom stereocenters. The molecule has 1 N–H and O–H groups in total. The Balaban J connectivity index is 2.44. The molecular weight excluding hydrogens is 264 g/mol. The van der Waals surface area contributed by atoms with E-state index in [1.807, 2.05) is 0 Å². The van der Waals surface area contributed by atoms with Crippen molar-refractivity contribution in [2.24, 2.45) is 0 Å². The van der Waals surface area contributed by atoms with Gasteiger partial charge in [-0.25, -0.2) is 14.1 Å². The van der Waals surface area contributed by atoms with Crippen molar-refractivity contribution in [3.63, 3.8) is 0 Å². The van der Waals surface area contributed by atoms with Crippen LogP contribution in [-0.4, -0.2) is 21.8 Å². The smallest absolute Gasteiger partial charge is 0.316 e. The summed E-state index contributed by atoms with van der Waals surface area (Å²) in [5, 5.41) is 6.19. The van der Waals surface area contributed by atoms with E-state index in [1.165, 1.54) is 6.07 Å². The van der Waals surface area contributed by atoms with Gasteiger partial charge in [-0.1, -0.05) is 0 Å². The summed E-state index contributed by atoms with van der Waals surface area (Å²) < 4.78 is 51.4. The summed E-state index contributed by atoms with van der Waals surface area (Å²) in [4.78, 5) is 3.78. The van der Waals surface area contributed by atoms with E-state index in [9.17, 15) is 17.6 Å². The summed E-state index contributed by atoms with van der Waals surface area (Å²) in [5.74, 6) is -0.400. The van der Waals surface area contributed by atoms with Crippen molar-refractivity contribution >= 4 is 0 Å². The maximum atomic E-state index is 13.1. The average Bonchev–Trinajstić information content (AvgIpc) is 2.78. The SMILES string of the molecule is CNCc1cc(F)cnc1-n1ccc(C(F)(F)F)n1. The van der Waals surface area contributed by atoms with E-state index in [2.05, 4.69) is 15.4 Å². The minimum atomic E-state index is -4.52. The van der Waals surface area contributed by atoms with Crippen molar-refractivity contribution in [3.05, 3.63) is 41.6 Å². The average molecular weight is 274 g/mol. The van der Waals surface area contributed by atoms with E-state index in [1.54, 1.807) is 7.05 Å². The van der Waals surface area contributed by atoms with E-state index in [0.29, 0.717) is 5.56 Å². The second-order valence-corrected chi connectivity index (χ2v) is 3.81. The van der Waals surface area contributed by atoms with Crippen molar-refractivity contribution in [1.29, 1.82) is 0 Å². The van der Waals surface area contributed by atoms with Crippen molar-refractivity contribution in [1.82, 2.24) is 20.1 Å². The first kappa shape index (κ1) is 13.5. The Kier molecular flexibility index (Phi) is 3.52. The molecule has 0 atom stereocenters. The van der Waals surface area contributed by atoms with Crippen LogP contribution in [0, 0.1) is 5.82 Å². The second kappa shape index (κ2) is 4.96. The lowest BCUT2D eigenvalue weighted by molar-refractivity contribution is -0.141. The molecule has 4 nitrogen and oxygen atoms in total. The standard InChI is InChI=1S/C11H10F4N4/c1-16-5-7-4-8(12)6-17-10(7)19-3-2-9(18-19)11(13,14)15/h2-4,6,16H,5H2,1H3. The van der Waals surface area contributed by atoms with Crippen LogP contribution in [0.3, 0.4) is 0 Å². The maximum Gasteiger partial charge on any atom is 0.435 e. The van der Waals surface area contributed by atoms with Crippen LogP contribution >= 0.6 is 0 Å². The molecule has 0 saturated heterocycles. The van der Waals surface area contributed by atoms with Crippen molar-refractivity contribution in [2.75, 3.05) is 7.05 Å². The summed E-state index contributed by atoms with van der Waals surface area (Å²) in [7, 11) is 1.64. The van der Waals surface area contributed by atoms with Gasteiger partial charge >= 0.3 is 6.18 Å². The summed E-state index contributed by atoms with van der Waals surface area (Å²) in [6.07, 6.45) is -2.44. The number of rotatable bonds is 3. The normalized spacial score (nSPS) is 11.8. The van der Waals surface area contributed by atoms with E-state index in [0.717, 1.165) is 23.1 Å². The fourth-order valence-corrected chi connectivity index (χ4v) is 1.59. The van der Waals surface area contributed by atoms with E-state index in [-0.39, 0.29) is 12.4 Å². The molecule has 0 aromatic carbocycles. The molecule has 0 radical (unpaired) electrons. The van der Waals surface area contributed by atoms with Gasteiger partial charge in [0.2, 0.25) is 0 Å². The highest BCUT2D eigenvalue weighted by atomic mass is 19.4. The Morgan fingerprint density at radius 1 is 1.37 bits per heavy atom. The van der Waals surface area contributed by atoms with Gasteiger partial charge in [0.05, 0.1) is 6.20 Å². The Labute approximate surface area is 106 Å². The number of halogens is 4. The zero-order valence-electron chi connectivity index (χ0n) is 9.87. The molecule has 0 aliphatic heterocycles. The van der Waals surface area contributed by atoms with Crippen LogP contribution in [-0.2, 0) is 12.7 Å². The highest BCUT2D eigenvalue weighted by Gasteiger charge is 2.33. The number of alkyl halides is 3. The summed E-state index contributed by atoms with van der Waals surface area (Å²) in [6.45, 7) is 0.265. The summed E-state index contributed by atoms with van der Waals surface area (Å²) in [5.41, 5.74) is -0.603. The van der Waals surface area contributed by atoms with Gasteiger partial charge < -0.3 is 5.32 Å². The lowest BCUT2D eigenvalue weighted by atomic mass is 10.2. The van der Waals surface area contributed by atoms with Crippen LogP contribution in [0.4, 0.5) is 17.6 Å². The van der Waals surface area contributed by atoms with Gasteiger partial charge in [-0.15, -0.1) is 0 Å². The molecule has 2 aromatic heterocycles. The first-order valence-corrected chi connectivity index (χ1v) is 5.34. The second-order valence-electron chi connectivity index (χ2n) is 3.81. The Bertz CT molecular complexity index is 576. The lowest BCUT2D eigenvalue weighted by Gasteiger charge is -2.08.